The topological polar surface area (TPSA) is 13.0 Å². The molecule has 3 rings (SSSR count). The number of hydrogen-bond donors (Lipinski definition) is 0. The summed E-state index contributed by atoms with van der Waals surface area (Å²) in [6.07, 6.45) is 32.6. The molecule has 5 heteroatoms. The van der Waals surface area contributed by atoms with Crippen molar-refractivity contribution in [2.24, 2.45) is 0 Å². The Morgan fingerprint density at radius 3 is 1.11 bits per heavy atom. The molecule has 3 fully saturated rings. The first-order chi connectivity index (χ1) is 18.0. The molecule has 0 unspecified atom stereocenters. The summed E-state index contributed by atoms with van der Waals surface area (Å²) in [6.45, 7) is 3.61. The van der Waals surface area contributed by atoms with Crippen molar-refractivity contribution in [1.82, 2.24) is 18.7 Å². The number of unbranched alkanes of at least 4 members (excludes halogenated alkanes) is 4. The van der Waals surface area contributed by atoms with Crippen LogP contribution in [0.2, 0.25) is 0 Å². The van der Waals surface area contributed by atoms with Gasteiger partial charge in [-0.25, -0.2) is 0 Å². The Labute approximate surface area is 233 Å². The van der Waals surface area contributed by atoms with E-state index in [1.165, 1.54) is 154 Å². The van der Waals surface area contributed by atoms with Gasteiger partial charge in [-0.3, -0.25) is 0 Å². The Hall–Kier alpha value is 0.270. The Morgan fingerprint density at radius 1 is 0.459 bits per heavy atom. The van der Waals surface area contributed by atoms with E-state index in [4.69, 9.17) is 0 Å². The molecular formula is C32H67N4P. The summed E-state index contributed by atoms with van der Waals surface area (Å²) in [4.78, 5) is 0. The summed E-state index contributed by atoms with van der Waals surface area (Å²) in [6, 6.07) is 2.24. The quantitative estimate of drug-likeness (QED) is 0.132. The van der Waals surface area contributed by atoms with Gasteiger partial charge in [0.25, 0.3) is 0 Å². The maximum atomic E-state index is 3.06. The third-order valence-corrected chi connectivity index (χ3v) is 15.8. The van der Waals surface area contributed by atoms with Crippen LogP contribution in [0.25, 0.3) is 0 Å². The van der Waals surface area contributed by atoms with Crippen LogP contribution < -0.4 is 0 Å². The summed E-state index contributed by atoms with van der Waals surface area (Å²) in [5.74, 6) is 0. The third kappa shape index (κ3) is 8.63. The van der Waals surface area contributed by atoms with Crippen LogP contribution in [0.15, 0.2) is 0 Å². The van der Waals surface area contributed by atoms with Crippen LogP contribution in [0.4, 0.5) is 0 Å². The average molecular weight is 539 g/mol. The molecule has 0 saturated heterocycles. The monoisotopic (exact) mass is 539 g/mol. The normalized spacial score (nSPS) is 23.1. The Bertz CT molecular complexity index is 513. The number of nitrogens with zero attached hydrogens (tertiary/aromatic N) is 4. The summed E-state index contributed by atoms with van der Waals surface area (Å²) in [5, 5.41) is 0. The van der Waals surface area contributed by atoms with Gasteiger partial charge in [0, 0.05) is 0 Å². The van der Waals surface area contributed by atoms with E-state index in [0.29, 0.717) is 0 Å². The minimum atomic E-state index is -2.27. The molecule has 3 aliphatic carbocycles. The standard InChI is InChI=1S/C32H67N4P/c1-6-7-8-15-22-29-33(2)37(34(3)30-23-16-9-10-17-24-30,35(4)31-25-18-11-12-19-26-31)36(5)32-27-20-13-14-21-28-32/h30-32,37H,6-29H2,1-5H3. The molecule has 3 aliphatic rings. The van der Waals surface area contributed by atoms with Crippen molar-refractivity contribution in [3.05, 3.63) is 0 Å². The van der Waals surface area contributed by atoms with Gasteiger partial charge in [0.05, 0.1) is 0 Å². The zero-order valence-corrected chi connectivity index (χ0v) is 27.0. The molecule has 0 atom stereocenters. The Morgan fingerprint density at radius 2 is 0.784 bits per heavy atom. The molecule has 0 spiro atoms. The van der Waals surface area contributed by atoms with Gasteiger partial charge < -0.3 is 0 Å². The van der Waals surface area contributed by atoms with Gasteiger partial charge in [-0.2, -0.15) is 0 Å². The van der Waals surface area contributed by atoms with E-state index in [1.54, 1.807) is 0 Å². The van der Waals surface area contributed by atoms with Gasteiger partial charge in [-0.1, -0.05) is 0 Å². The molecule has 0 amide bonds. The van der Waals surface area contributed by atoms with Crippen LogP contribution in [-0.2, 0) is 0 Å². The average Bonchev–Trinajstić information content (AvgIpc) is 3.45. The van der Waals surface area contributed by atoms with E-state index in [9.17, 15) is 0 Å². The summed E-state index contributed by atoms with van der Waals surface area (Å²) < 4.78 is 12.1. The molecular weight excluding hydrogens is 471 g/mol. The van der Waals surface area contributed by atoms with Crippen molar-refractivity contribution < 1.29 is 0 Å². The zero-order chi connectivity index (χ0) is 26.5. The van der Waals surface area contributed by atoms with Crippen LogP contribution in [0.3, 0.4) is 0 Å². The maximum absolute atomic E-state index is 3.06. The van der Waals surface area contributed by atoms with Gasteiger partial charge in [0.15, 0.2) is 0 Å². The molecule has 0 bridgehead atoms. The molecule has 37 heavy (non-hydrogen) atoms. The van der Waals surface area contributed by atoms with E-state index < -0.39 is 7.87 Å². The molecule has 0 aromatic heterocycles. The minimum absolute atomic E-state index is 0.748. The number of rotatable bonds is 13. The van der Waals surface area contributed by atoms with Crippen LogP contribution in [-0.4, -0.2) is 71.5 Å². The summed E-state index contributed by atoms with van der Waals surface area (Å²) in [7, 11) is 8.06. The first kappa shape index (κ1) is 31.8. The summed E-state index contributed by atoms with van der Waals surface area (Å²) >= 11 is 0. The van der Waals surface area contributed by atoms with Crippen molar-refractivity contribution in [2.75, 3.05) is 34.7 Å². The van der Waals surface area contributed by atoms with E-state index >= 15 is 0 Å². The molecule has 0 N–H and O–H groups in total. The zero-order valence-electron chi connectivity index (χ0n) is 26.0. The van der Waals surface area contributed by atoms with Gasteiger partial charge >= 0.3 is 234 Å². The molecule has 0 aliphatic heterocycles. The Balaban J connectivity index is 1.98. The molecule has 0 aromatic rings. The molecule has 0 radical (unpaired) electrons. The van der Waals surface area contributed by atoms with Gasteiger partial charge in [-0.15, -0.1) is 0 Å². The van der Waals surface area contributed by atoms with Crippen molar-refractivity contribution in [3.63, 3.8) is 0 Å². The van der Waals surface area contributed by atoms with Crippen LogP contribution >= 0.6 is 7.87 Å². The fourth-order valence-corrected chi connectivity index (χ4v) is 14.1. The second-order valence-corrected chi connectivity index (χ2v) is 17.3. The van der Waals surface area contributed by atoms with Crippen molar-refractivity contribution >= 4 is 7.87 Å². The van der Waals surface area contributed by atoms with E-state index in [2.05, 4.69) is 53.8 Å². The second kappa shape index (κ2) is 17.2. The molecule has 0 aromatic carbocycles. The Kier molecular flexibility index (Phi) is 14.7. The van der Waals surface area contributed by atoms with Crippen molar-refractivity contribution in [1.29, 1.82) is 0 Å². The SMILES string of the molecule is CCCCCCCN(C)[PH](N(C)C1CCCCCC1)(N(C)C1CCCCCC1)N(C)C1CCCCCC1. The van der Waals surface area contributed by atoms with Gasteiger partial charge in [0.2, 0.25) is 0 Å². The third-order valence-electron chi connectivity index (χ3n) is 10.6. The summed E-state index contributed by atoms with van der Waals surface area (Å²) in [5.41, 5.74) is 0. The van der Waals surface area contributed by atoms with E-state index in [1.807, 2.05) is 0 Å². The van der Waals surface area contributed by atoms with E-state index in [0.717, 1.165) is 18.1 Å². The first-order valence-corrected chi connectivity index (χ1v) is 18.7. The molecule has 0 heterocycles. The first-order valence-electron chi connectivity index (χ1n) is 16.9. The predicted molar refractivity (Wildman–Crippen MR) is 167 cm³/mol. The fourth-order valence-electron chi connectivity index (χ4n) is 8.33. The van der Waals surface area contributed by atoms with Crippen LogP contribution in [0.5, 0.6) is 0 Å². The molecule has 3 saturated carbocycles. The predicted octanol–water partition coefficient (Wildman–Crippen LogP) is 9.26. The van der Waals surface area contributed by atoms with Gasteiger partial charge in [-0.05, 0) is 0 Å². The van der Waals surface area contributed by atoms with Crippen LogP contribution in [0, 0.1) is 0 Å². The molecule has 4 nitrogen and oxygen atoms in total. The second-order valence-electron chi connectivity index (χ2n) is 13.2. The van der Waals surface area contributed by atoms with Crippen molar-refractivity contribution in [2.45, 2.75) is 173 Å². The van der Waals surface area contributed by atoms with E-state index in [-0.39, 0.29) is 0 Å². The van der Waals surface area contributed by atoms with Gasteiger partial charge in [0.1, 0.15) is 0 Å². The van der Waals surface area contributed by atoms with Crippen LogP contribution in [0.1, 0.15) is 155 Å². The number of hydrogen-bond acceptors (Lipinski definition) is 4. The van der Waals surface area contributed by atoms with Crippen molar-refractivity contribution in [3.8, 4) is 0 Å². The fraction of sp³-hybridized carbons (Fsp3) is 1.00. The molecule has 220 valence electrons.